The predicted octanol–water partition coefficient (Wildman–Crippen LogP) is 3.00. The van der Waals surface area contributed by atoms with Crippen LogP contribution in [0, 0.1) is 0 Å². The Morgan fingerprint density at radius 1 is 1.10 bits per heavy atom. The summed E-state index contributed by atoms with van der Waals surface area (Å²) in [5.74, 6) is 1.05. The lowest BCUT2D eigenvalue weighted by Crippen LogP contribution is -2.38. The molecule has 1 aliphatic heterocycles. The molecule has 168 valence electrons. The van der Waals surface area contributed by atoms with E-state index in [9.17, 15) is 13.2 Å². The van der Waals surface area contributed by atoms with Crippen LogP contribution in [0.3, 0.4) is 0 Å². The van der Waals surface area contributed by atoms with Crippen LogP contribution in [0.5, 0.6) is 11.5 Å². The van der Waals surface area contributed by atoms with Crippen LogP contribution in [0.2, 0.25) is 0 Å². The number of para-hydroxylation sites is 1. The molecule has 3 rings (SSSR count). The van der Waals surface area contributed by atoms with Gasteiger partial charge >= 0.3 is 0 Å². The largest absolute Gasteiger partial charge is 0.492 e. The lowest BCUT2D eigenvalue weighted by Gasteiger charge is -2.17. The van der Waals surface area contributed by atoms with Crippen molar-refractivity contribution in [2.45, 2.75) is 44.1 Å². The number of hydrogen-bond donors (Lipinski definition) is 1. The summed E-state index contributed by atoms with van der Waals surface area (Å²) in [5.41, 5.74) is 1.06. The highest BCUT2D eigenvalue weighted by Crippen LogP contribution is 2.23. The lowest BCUT2D eigenvalue weighted by atomic mass is 10.1. The molecule has 1 atom stereocenters. The smallest absolute Gasteiger partial charge is 0.260 e. The van der Waals surface area contributed by atoms with Gasteiger partial charge in [-0.25, -0.2) is 8.42 Å². The SMILES string of the molecule is CCc1ccccc1OC(C)C(=O)NCCOc1ccc(S(=O)(=O)N2CCCC2)cc1. The van der Waals surface area contributed by atoms with E-state index in [-0.39, 0.29) is 17.4 Å². The van der Waals surface area contributed by atoms with E-state index in [1.807, 2.05) is 31.2 Å². The number of hydrogen-bond acceptors (Lipinski definition) is 5. The second kappa shape index (κ2) is 10.6. The van der Waals surface area contributed by atoms with E-state index in [4.69, 9.17) is 9.47 Å². The van der Waals surface area contributed by atoms with Gasteiger partial charge in [0.05, 0.1) is 11.4 Å². The van der Waals surface area contributed by atoms with Crippen molar-refractivity contribution in [3.8, 4) is 11.5 Å². The number of aryl methyl sites for hydroxylation is 1. The molecule has 0 saturated carbocycles. The van der Waals surface area contributed by atoms with Crippen molar-refractivity contribution >= 4 is 15.9 Å². The maximum atomic E-state index is 12.5. The number of benzene rings is 2. The summed E-state index contributed by atoms with van der Waals surface area (Å²) in [6.07, 6.45) is 2.01. The number of sulfonamides is 1. The number of amides is 1. The molecule has 1 aliphatic rings. The molecule has 0 aliphatic carbocycles. The number of carbonyl (C=O) groups excluding carboxylic acids is 1. The van der Waals surface area contributed by atoms with Crippen molar-refractivity contribution in [3.05, 3.63) is 54.1 Å². The van der Waals surface area contributed by atoms with E-state index in [0.29, 0.717) is 31.1 Å². The standard InChI is InChI=1S/C23H30N2O5S/c1-3-19-8-4-5-9-22(19)30-18(2)23(26)24-14-17-29-20-10-12-21(13-11-20)31(27,28)25-15-6-7-16-25/h4-5,8-13,18H,3,6-7,14-17H2,1-2H3,(H,24,26). The molecule has 0 spiro atoms. The first-order valence-corrected chi connectivity index (χ1v) is 12.1. The van der Waals surface area contributed by atoms with E-state index in [1.165, 1.54) is 4.31 Å². The molecule has 1 fully saturated rings. The van der Waals surface area contributed by atoms with Gasteiger partial charge in [-0.1, -0.05) is 25.1 Å². The topological polar surface area (TPSA) is 84.9 Å². The van der Waals surface area contributed by atoms with Gasteiger partial charge in [-0.15, -0.1) is 0 Å². The first-order valence-electron chi connectivity index (χ1n) is 10.7. The average molecular weight is 447 g/mol. The van der Waals surface area contributed by atoms with E-state index in [0.717, 1.165) is 24.8 Å². The van der Waals surface area contributed by atoms with Crippen LogP contribution in [0.25, 0.3) is 0 Å². The van der Waals surface area contributed by atoms with Gasteiger partial charge in [0.25, 0.3) is 5.91 Å². The van der Waals surface area contributed by atoms with E-state index >= 15 is 0 Å². The quantitative estimate of drug-likeness (QED) is 0.567. The molecule has 1 amide bonds. The van der Waals surface area contributed by atoms with E-state index < -0.39 is 16.1 Å². The molecule has 1 N–H and O–H groups in total. The van der Waals surface area contributed by atoms with Crippen molar-refractivity contribution in [2.24, 2.45) is 0 Å². The number of nitrogens with zero attached hydrogens (tertiary/aromatic N) is 1. The Hall–Kier alpha value is -2.58. The van der Waals surface area contributed by atoms with Gasteiger partial charge in [-0.2, -0.15) is 4.31 Å². The zero-order valence-electron chi connectivity index (χ0n) is 18.0. The fraction of sp³-hybridized carbons (Fsp3) is 0.435. The van der Waals surface area contributed by atoms with Crippen molar-refractivity contribution in [1.82, 2.24) is 9.62 Å². The second-order valence-corrected chi connectivity index (χ2v) is 9.38. The molecule has 2 aromatic carbocycles. The van der Waals surface area contributed by atoms with Crippen LogP contribution in [-0.4, -0.2) is 51.0 Å². The van der Waals surface area contributed by atoms with Crippen molar-refractivity contribution in [3.63, 3.8) is 0 Å². The van der Waals surface area contributed by atoms with Crippen molar-refractivity contribution in [2.75, 3.05) is 26.2 Å². The third-order valence-electron chi connectivity index (χ3n) is 5.22. The molecule has 2 aromatic rings. The third-order valence-corrected chi connectivity index (χ3v) is 7.14. The molecular weight excluding hydrogens is 416 g/mol. The molecule has 7 nitrogen and oxygen atoms in total. The minimum absolute atomic E-state index is 0.221. The van der Waals surface area contributed by atoms with Crippen molar-refractivity contribution in [1.29, 1.82) is 0 Å². The normalized spacial score (nSPS) is 15.4. The molecule has 1 unspecified atom stereocenters. The Labute approximate surface area is 184 Å². The Kier molecular flexibility index (Phi) is 7.92. The lowest BCUT2D eigenvalue weighted by molar-refractivity contribution is -0.127. The van der Waals surface area contributed by atoms with Gasteiger partial charge in [0.2, 0.25) is 10.0 Å². The average Bonchev–Trinajstić information content (AvgIpc) is 3.33. The van der Waals surface area contributed by atoms with Gasteiger partial charge in [-0.05, 0) is 62.1 Å². The van der Waals surface area contributed by atoms with Crippen LogP contribution >= 0.6 is 0 Å². The number of ether oxygens (including phenoxy) is 2. The Morgan fingerprint density at radius 3 is 2.45 bits per heavy atom. The zero-order valence-corrected chi connectivity index (χ0v) is 18.9. The van der Waals surface area contributed by atoms with Crippen LogP contribution in [0.1, 0.15) is 32.3 Å². The molecule has 1 saturated heterocycles. The summed E-state index contributed by atoms with van der Waals surface area (Å²) in [5, 5.41) is 2.79. The maximum Gasteiger partial charge on any atom is 0.260 e. The molecule has 0 aromatic heterocycles. The monoisotopic (exact) mass is 446 g/mol. The fourth-order valence-electron chi connectivity index (χ4n) is 3.43. The summed E-state index contributed by atoms with van der Waals surface area (Å²) in [6, 6.07) is 14.1. The zero-order chi connectivity index (χ0) is 22.3. The molecule has 0 radical (unpaired) electrons. The van der Waals surface area contributed by atoms with Gasteiger partial charge in [0.1, 0.15) is 18.1 Å². The second-order valence-electron chi connectivity index (χ2n) is 7.44. The first kappa shape index (κ1) is 23.1. The van der Waals surface area contributed by atoms with E-state index in [1.54, 1.807) is 31.2 Å². The van der Waals surface area contributed by atoms with Gasteiger partial charge < -0.3 is 14.8 Å². The highest BCUT2D eigenvalue weighted by atomic mass is 32.2. The van der Waals surface area contributed by atoms with Gasteiger partial charge in [0, 0.05) is 13.1 Å². The molecule has 8 heteroatoms. The van der Waals surface area contributed by atoms with Crippen LogP contribution in [-0.2, 0) is 21.2 Å². The number of carbonyl (C=O) groups is 1. The number of rotatable bonds is 10. The molecule has 1 heterocycles. The first-order chi connectivity index (χ1) is 14.9. The van der Waals surface area contributed by atoms with E-state index in [2.05, 4.69) is 5.32 Å². The maximum absolute atomic E-state index is 12.5. The molecular formula is C23H30N2O5S. The van der Waals surface area contributed by atoms with Crippen molar-refractivity contribution < 1.29 is 22.7 Å². The van der Waals surface area contributed by atoms with Crippen LogP contribution in [0.15, 0.2) is 53.4 Å². The Bertz CT molecular complexity index is 970. The Balaban J connectivity index is 1.43. The third kappa shape index (κ3) is 5.98. The Morgan fingerprint density at radius 2 is 1.77 bits per heavy atom. The predicted molar refractivity (Wildman–Crippen MR) is 119 cm³/mol. The van der Waals surface area contributed by atoms with Gasteiger partial charge in [-0.3, -0.25) is 4.79 Å². The summed E-state index contributed by atoms with van der Waals surface area (Å²) in [7, 11) is -3.43. The van der Waals surface area contributed by atoms with Gasteiger partial charge in [0.15, 0.2) is 6.10 Å². The summed E-state index contributed by atoms with van der Waals surface area (Å²) in [6.45, 7) is 5.48. The molecule has 0 bridgehead atoms. The minimum atomic E-state index is -3.43. The highest BCUT2D eigenvalue weighted by Gasteiger charge is 2.26. The molecule has 31 heavy (non-hydrogen) atoms. The van der Waals surface area contributed by atoms with Crippen LogP contribution in [0.4, 0.5) is 0 Å². The fourth-order valence-corrected chi connectivity index (χ4v) is 4.94. The minimum Gasteiger partial charge on any atom is -0.492 e. The summed E-state index contributed by atoms with van der Waals surface area (Å²) < 4.78 is 38.0. The highest BCUT2D eigenvalue weighted by molar-refractivity contribution is 7.89. The summed E-state index contributed by atoms with van der Waals surface area (Å²) >= 11 is 0. The summed E-state index contributed by atoms with van der Waals surface area (Å²) in [4.78, 5) is 12.5. The number of nitrogens with one attached hydrogen (secondary N) is 1. The van der Waals surface area contributed by atoms with Crippen LogP contribution < -0.4 is 14.8 Å².